The lowest BCUT2D eigenvalue weighted by Gasteiger charge is -2.21. The summed E-state index contributed by atoms with van der Waals surface area (Å²) in [5, 5.41) is 11.6. The Hall–Kier alpha value is -3.15. The molecule has 1 heterocycles. The Labute approximate surface area is 160 Å². The van der Waals surface area contributed by atoms with Crippen LogP contribution in [0.5, 0.6) is 5.75 Å². The van der Waals surface area contributed by atoms with E-state index in [0.717, 1.165) is 23.7 Å². The van der Waals surface area contributed by atoms with Crippen molar-refractivity contribution in [2.75, 3.05) is 16.8 Å². The van der Waals surface area contributed by atoms with Crippen molar-refractivity contribution >= 4 is 23.1 Å². The van der Waals surface area contributed by atoms with Crippen molar-refractivity contribution in [1.82, 2.24) is 15.2 Å². The molecule has 6 heteroatoms. The fourth-order valence-electron chi connectivity index (χ4n) is 2.77. The average molecular weight is 363 g/mol. The molecule has 3 aromatic rings. The van der Waals surface area contributed by atoms with Gasteiger partial charge in [-0.15, -0.1) is 5.10 Å². The van der Waals surface area contributed by atoms with E-state index in [2.05, 4.69) is 46.5 Å². The summed E-state index contributed by atoms with van der Waals surface area (Å²) in [7, 11) is 0. The molecule has 3 rings (SSSR count). The molecule has 1 aromatic heterocycles. The molecule has 1 N–H and O–H groups in total. The van der Waals surface area contributed by atoms with Crippen LogP contribution in [0.3, 0.4) is 0 Å². The fraction of sp³-hybridized carbons (Fsp3) is 0.286. The summed E-state index contributed by atoms with van der Waals surface area (Å²) in [5.41, 5.74) is 3.07. The summed E-state index contributed by atoms with van der Waals surface area (Å²) in [4.78, 5) is 6.68. The Bertz CT molecular complexity index is 897. The van der Waals surface area contributed by atoms with E-state index < -0.39 is 0 Å². The fourth-order valence-corrected chi connectivity index (χ4v) is 2.77. The minimum atomic E-state index is 0.0870. The maximum absolute atomic E-state index is 5.86. The van der Waals surface area contributed by atoms with Crippen LogP contribution in [0, 0.1) is 6.92 Å². The molecule has 0 atom stereocenters. The zero-order valence-electron chi connectivity index (χ0n) is 16.2. The Morgan fingerprint density at radius 1 is 1.11 bits per heavy atom. The Balaban J connectivity index is 1.88. The highest BCUT2D eigenvalue weighted by molar-refractivity contribution is 5.65. The predicted molar refractivity (Wildman–Crippen MR) is 109 cm³/mol. The molecule has 0 unspecified atom stereocenters. The smallest absolute Gasteiger partial charge is 0.251 e. The molecule has 0 bridgehead atoms. The third-order valence-corrected chi connectivity index (χ3v) is 3.93. The number of nitrogens with zero attached hydrogens (tertiary/aromatic N) is 4. The molecule has 0 aliphatic rings. The van der Waals surface area contributed by atoms with Crippen molar-refractivity contribution in [3.05, 3.63) is 60.3 Å². The molecule has 0 saturated carbocycles. The highest BCUT2D eigenvalue weighted by Gasteiger charge is 2.13. The summed E-state index contributed by atoms with van der Waals surface area (Å²) >= 11 is 0. The largest absolute Gasteiger partial charge is 0.489 e. The van der Waals surface area contributed by atoms with E-state index in [1.807, 2.05) is 55.1 Å². The van der Waals surface area contributed by atoms with Crippen LogP contribution < -0.4 is 15.0 Å². The number of anilines is 4. The van der Waals surface area contributed by atoms with Gasteiger partial charge in [0.05, 0.1) is 18.0 Å². The van der Waals surface area contributed by atoms with Gasteiger partial charge in [0.15, 0.2) is 5.82 Å². The Morgan fingerprint density at radius 2 is 1.93 bits per heavy atom. The second-order valence-electron chi connectivity index (χ2n) is 6.51. The zero-order valence-corrected chi connectivity index (χ0v) is 16.2. The van der Waals surface area contributed by atoms with Gasteiger partial charge in [-0.1, -0.05) is 24.3 Å². The number of rotatable bonds is 7. The quantitative estimate of drug-likeness (QED) is 0.646. The molecule has 0 amide bonds. The van der Waals surface area contributed by atoms with Crippen LogP contribution in [0.4, 0.5) is 23.1 Å². The molecule has 140 valence electrons. The third kappa shape index (κ3) is 4.73. The second-order valence-corrected chi connectivity index (χ2v) is 6.51. The van der Waals surface area contributed by atoms with E-state index in [1.54, 1.807) is 6.20 Å². The minimum absolute atomic E-state index is 0.0870. The lowest BCUT2D eigenvalue weighted by atomic mass is 10.2. The maximum Gasteiger partial charge on any atom is 0.251 e. The third-order valence-electron chi connectivity index (χ3n) is 3.93. The molecule has 0 aliphatic heterocycles. The SMILES string of the molecule is CCN(c1cccc(C)c1)c1nncc(Nc2ccccc2OC(C)C)n1. The maximum atomic E-state index is 5.86. The van der Waals surface area contributed by atoms with E-state index in [9.17, 15) is 0 Å². The number of hydrogen-bond donors (Lipinski definition) is 1. The first-order chi connectivity index (χ1) is 13.1. The summed E-state index contributed by atoms with van der Waals surface area (Å²) < 4.78 is 5.86. The predicted octanol–water partition coefficient (Wildman–Crippen LogP) is 4.87. The van der Waals surface area contributed by atoms with E-state index in [0.29, 0.717) is 11.8 Å². The molecule has 0 aliphatic carbocycles. The van der Waals surface area contributed by atoms with Crippen LogP contribution in [0.25, 0.3) is 0 Å². The van der Waals surface area contributed by atoms with Gasteiger partial charge in [0, 0.05) is 12.2 Å². The van der Waals surface area contributed by atoms with Crippen molar-refractivity contribution in [3.8, 4) is 5.75 Å². The highest BCUT2D eigenvalue weighted by atomic mass is 16.5. The van der Waals surface area contributed by atoms with Gasteiger partial charge in [0.25, 0.3) is 5.95 Å². The molecule has 27 heavy (non-hydrogen) atoms. The molecule has 0 spiro atoms. The first-order valence-corrected chi connectivity index (χ1v) is 9.13. The summed E-state index contributed by atoms with van der Waals surface area (Å²) in [6.45, 7) is 8.88. The molecule has 0 fully saturated rings. The molecule has 0 saturated heterocycles. The van der Waals surface area contributed by atoms with Gasteiger partial charge in [-0.05, 0) is 57.5 Å². The van der Waals surface area contributed by atoms with Crippen LogP contribution >= 0.6 is 0 Å². The van der Waals surface area contributed by atoms with Gasteiger partial charge in [0.2, 0.25) is 0 Å². The van der Waals surface area contributed by atoms with Crippen molar-refractivity contribution in [2.24, 2.45) is 0 Å². The minimum Gasteiger partial charge on any atom is -0.489 e. The molecular formula is C21H25N5O. The van der Waals surface area contributed by atoms with Crippen LogP contribution in [0.15, 0.2) is 54.7 Å². The van der Waals surface area contributed by atoms with Crippen molar-refractivity contribution < 1.29 is 4.74 Å². The van der Waals surface area contributed by atoms with E-state index in [1.165, 1.54) is 5.56 Å². The van der Waals surface area contributed by atoms with E-state index in [-0.39, 0.29) is 6.10 Å². The lowest BCUT2D eigenvalue weighted by Crippen LogP contribution is -2.19. The summed E-state index contributed by atoms with van der Waals surface area (Å²) in [6, 6.07) is 16.0. The number of benzene rings is 2. The number of aromatic nitrogens is 3. The van der Waals surface area contributed by atoms with Crippen molar-refractivity contribution in [3.63, 3.8) is 0 Å². The van der Waals surface area contributed by atoms with Gasteiger partial charge >= 0.3 is 0 Å². The summed E-state index contributed by atoms with van der Waals surface area (Å²) in [5.74, 6) is 1.94. The van der Waals surface area contributed by atoms with Gasteiger partial charge in [-0.25, -0.2) is 0 Å². The topological polar surface area (TPSA) is 63.2 Å². The monoisotopic (exact) mass is 363 g/mol. The number of hydrogen-bond acceptors (Lipinski definition) is 6. The molecule has 2 aromatic carbocycles. The van der Waals surface area contributed by atoms with Gasteiger partial charge in [-0.2, -0.15) is 10.1 Å². The first-order valence-electron chi connectivity index (χ1n) is 9.13. The van der Waals surface area contributed by atoms with E-state index in [4.69, 9.17) is 4.74 Å². The Morgan fingerprint density at radius 3 is 2.67 bits per heavy atom. The number of para-hydroxylation sites is 2. The van der Waals surface area contributed by atoms with Crippen LogP contribution in [-0.2, 0) is 0 Å². The zero-order chi connectivity index (χ0) is 19.2. The lowest BCUT2D eigenvalue weighted by molar-refractivity contribution is 0.244. The summed E-state index contributed by atoms with van der Waals surface area (Å²) in [6.07, 6.45) is 1.70. The number of nitrogens with one attached hydrogen (secondary N) is 1. The second kappa shape index (κ2) is 8.49. The molecule has 0 radical (unpaired) electrons. The van der Waals surface area contributed by atoms with Gasteiger partial charge in [0.1, 0.15) is 5.75 Å². The number of aryl methyl sites for hydroxylation is 1. The highest BCUT2D eigenvalue weighted by Crippen LogP contribution is 2.28. The van der Waals surface area contributed by atoms with Crippen LogP contribution in [-0.4, -0.2) is 27.8 Å². The van der Waals surface area contributed by atoms with Crippen LogP contribution in [0.1, 0.15) is 26.3 Å². The number of ether oxygens (including phenoxy) is 1. The molecule has 6 nitrogen and oxygen atoms in total. The standard InChI is InChI=1S/C21H25N5O/c1-5-26(17-10-8-9-16(4)13-17)21-24-20(14-22-25-21)23-18-11-6-7-12-19(18)27-15(2)3/h6-15H,5H2,1-4H3,(H,23,24,25). The molecular weight excluding hydrogens is 338 g/mol. The van der Waals surface area contributed by atoms with Gasteiger partial charge in [-0.3, -0.25) is 0 Å². The Kier molecular flexibility index (Phi) is 5.86. The van der Waals surface area contributed by atoms with Crippen LogP contribution in [0.2, 0.25) is 0 Å². The average Bonchev–Trinajstić information content (AvgIpc) is 2.64. The van der Waals surface area contributed by atoms with Crippen molar-refractivity contribution in [1.29, 1.82) is 0 Å². The first kappa shape index (κ1) is 18.6. The normalized spacial score (nSPS) is 10.7. The van der Waals surface area contributed by atoms with Crippen molar-refractivity contribution in [2.45, 2.75) is 33.8 Å². The van der Waals surface area contributed by atoms with Gasteiger partial charge < -0.3 is 15.0 Å². The van der Waals surface area contributed by atoms with E-state index >= 15 is 0 Å².